The average molecular weight is 203 g/mol. The Bertz CT molecular complexity index is 295. The average Bonchev–Trinajstić information content (AvgIpc) is 2.13. The normalized spacial score (nSPS) is 11.9. The molecule has 0 aliphatic rings. The van der Waals surface area contributed by atoms with E-state index in [1.165, 1.54) is 12.3 Å². The molecule has 0 N–H and O–H groups in total. The van der Waals surface area contributed by atoms with Gasteiger partial charge in [-0.1, -0.05) is 6.07 Å². The zero-order valence-corrected chi connectivity index (χ0v) is 7.16. The molecule has 5 heteroatoms. The lowest BCUT2D eigenvalue weighted by Crippen LogP contribution is -2.14. The molecule has 1 aromatic heterocycles. The molecule has 0 bridgehead atoms. The molecule has 0 atom stereocenters. The maximum absolute atomic E-state index is 11.6. The van der Waals surface area contributed by atoms with Crippen molar-refractivity contribution < 1.29 is 17.9 Å². The van der Waals surface area contributed by atoms with E-state index >= 15 is 0 Å². The van der Waals surface area contributed by atoms with Gasteiger partial charge in [0, 0.05) is 12.4 Å². The van der Waals surface area contributed by atoms with E-state index in [-0.39, 0.29) is 0 Å². The molecule has 0 radical (unpaired) electrons. The number of aromatic nitrogens is 1. The summed E-state index contributed by atoms with van der Waals surface area (Å²) >= 11 is 0. The molecule has 0 fully saturated rings. The van der Waals surface area contributed by atoms with Crippen molar-refractivity contribution in [3.05, 3.63) is 36.4 Å². The van der Waals surface area contributed by atoms with Crippen molar-refractivity contribution in [1.29, 1.82) is 0 Å². The summed E-state index contributed by atoms with van der Waals surface area (Å²) in [6.07, 6.45) is 1.23. The first-order valence-corrected chi connectivity index (χ1v) is 3.83. The number of nitrogens with zero attached hydrogens (tertiary/aromatic N) is 1. The summed E-state index contributed by atoms with van der Waals surface area (Å²) < 4.78 is 39.1. The zero-order valence-electron chi connectivity index (χ0n) is 7.16. The third-order valence-electron chi connectivity index (χ3n) is 1.29. The van der Waals surface area contributed by atoms with E-state index in [9.17, 15) is 13.2 Å². The van der Waals surface area contributed by atoms with E-state index in [1.807, 2.05) is 0 Å². The monoisotopic (exact) mass is 203 g/mol. The molecule has 76 valence electrons. The highest BCUT2D eigenvalue weighted by Crippen LogP contribution is 2.14. The van der Waals surface area contributed by atoms with E-state index in [2.05, 4.69) is 9.72 Å². The minimum absolute atomic E-state index is 0.690. The van der Waals surface area contributed by atoms with Crippen LogP contribution in [0.2, 0.25) is 0 Å². The molecule has 0 amide bonds. The molecule has 0 spiro atoms. The smallest absolute Gasteiger partial charge is 0.422 e. The van der Waals surface area contributed by atoms with Gasteiger partial charge in [0.1, 0.15) is 0 Å². The van der Waals surface area contributed by atoms with Gasteiger partial charge in [-0.15, -0.1) is 0 Å². The number of pyridine rings is 1. The van der Waals surface area contributed by atoms with Gasteiger partial charge in [0.2, 0.25) is 0 Å². The number of rotatable bonds is 3. The first-order valence-electron chi connectivity index (χ1n) is 3.83. The first kappa shape index (κ1) is 10.6. The molecule has 0 unspecified atom stereocenters. The van der Waals surface area contributed by atoms with Crippen LogP contribution in [-0.2, 0) is 4.74 Å². The molecule has 14 heavy (non-hydrogen) atoms. The molecule has 1 heterocycles. The Morgan fingerprint density at radius 1 is 1.43 bits per heavy atom. The fourth-order valence-corrected chi connectivity index (χ4v) is 0.744. The Morgan fingerprint density at radius 2 is 2.21 bits per heavy atom. The van der Waals surface area contributed by atoms with Crippen LogP contribution >= 0.6 is 0 Å². The summed E-state index contributed by atoms with van der Waals surface area (Å²) in [5.74, 6) is 0. The van der Waals surface area contributed by atoms with E-state index < -0.39 is 12.8 Å². The Hall–Kier alpha value is -1.52. The highest BCUT2D eigenvalue weighted by atomic mass is 19.4. The van der Waals surface area contributed by atoms with Gasteiger partial charge >= 0.3 is 6.18 Å². The third-order valence-corrected chi connectivity index (χ3v) is 1.29. The maximum atomic E-state index is 11.6. The molecule has 0 aromatic carbocycles. The molecular weight excluding hydrogens is 195 g/mol. The second-order valence-electron chi connectivity index (χ2n) is 2.52. The van der Waals surface area contributed by atoms with E-state index in [0.717, 1.165) is 6.26 Å². The van der Waals surface area contributed by atoms with Crippen molar-refractivity contribution in [2.75, 3.05) is 6.61 Å². The van der Waals surface area contributed by atoms with Crippen molar-refractivity contribution >= 4 is 6.08 Å². The zero-order chi connectivity index (χ0) is 10.4. The summed E-state index contributed by atoms with van der Waals surface area (Å²) in [6, 6.07) is 3.39. The number of alkyl halides is 3. The second kappa shape index (κ2) is 4.64. The lowest BCUT2D eigenvalue weighted by Gasteiger charge is -2.04. The van der Waals surface area contributed by atoms with Gasteiger partial charge < -0.3 is 4.74 Å². The fraction of sp³-hybridized carbons (Fsp3) is 0.222. The highest BCUT2D eigenvalue weighted by molar-refractivity contribution is 5.45. The SMILES string of the molecule is FC(F)(F)COC=Cc1cccnc1. The number of ether oxygens (including phenoxy) is 1. The molecule has 1 rings (SSSR count). The Labute approximate surface area is 79.0 Å². The van der Waals surface area contributed by atoms with E-state index in [4.69, 9.17) is 0 Å². The van der Waals surface area contributed by atoms with Gasteiger partial charge in [-0.3, -0.25) is 4.98 Å². The first-order chi connectivity index (χ1) is 6.58. The molecule has 0 saturated heterocycles. The molecule has 2 nitrogen and oxygen atoms in total. The fourth-order valence-electron chi connectivity index (χ4n) is 0.744. The Balaban J connectivity index is 2.35. The summed E-state index contributed by atoms with van der Waals surface area (Å²) in [4.78, 5) is 3.78. The van der Waals surface area contributed by atoms with Gasteiger partial charge in [0.15, 0.2) is 6.61 Å². The van der Waals surface area contributed by atoms with Crippen molar-refractivity contribution in [2.45, 2.75) is 6.18 Å². The molecule has 1 aromatic rings. The summed E-state index contributed by atoms with van der Waals surface area (Å²) in [5.41, 5.74) is 0.690. The minimum atomic E-state index is -4.29. The predicted octanol–water partition coefficient (Wildman–Crippen LogP) is 2.63. The predicted molar refractivity (Wildman–Crippen MR) is 45.3 cm³/mol. The van der Waals surface area contributed by atoms with Crippen LogP contribution in [0.25, 0.3) is 6.08 Å². The lowest BCUT2D eigenvalue weighted by atomic mass is 10.3. The number of hydrogen-bond acceptors (Lipinski definition) is 2. The van der Waals surface area contributed by atoms with Gasteiger partial charge in [-0.05, 0) is 17.7 Å². The van der Waals surface area contributed by atoms with Crippen LogP contribution in [0.3, 0.4) is 0 Å². The maximum Gasteiger partial charge on any atom is 0.422 e. The van der Waals surface area contributed by atoms with Crippen molar-refractivity contribution in [1.82, 2.24) is 4.98 Å². The standard InChI is InChI=1S/C9H8F3NO/c10-9(11,12)7-14-5-3-8-2-1-4-13-6-8/h1-6H,7H2. The van der Waals surface area contributed by atoms with Crippen LogP contribution in [0.1, 0.15) is 5.56 Å². The molecule has 0 aliphatic heterocycles. The van der Waals surface area contributed by atoms with E-state index in [0.29, 0.717) is 5.56 Å². The summed E-state index contributed by atoms with van der Waals surface area (Å²) in [5, 5.41) is 0. The third kappa shape index (κ3) is 4.49. The van der Waals surface area contributed by atoms with Crippen molar-refractivity contribution in [3.63, 3.8) is 0 Å². The van der Waals surface area contributed by atoms with Crippen LogP contribution in [-0.4, -0.2) is 17.8 Å². The van der Waals surface area contributed by atoms with Crippen LogP contribution in [0, 0.1) is 0 Å². The van der Waals surface area contributed by atoms with Gasteiger partial charge in [0.25, 0.3) is 0 Å². The van der Waals surface area contributed by atoms with Gasteiger partial charge in [-0.25, -0.2) is 0 Å². The topological polar surface area (TPSA) is 22.1 Å². The van der Waals surface area contributed by atoms with E-state index in [1.54, 1.807) is 18.3 Å². The van der Waals surface area contributed by atoms with Crippen LogP contribution in [0.5, 0.6) is 0 Å². The molecule has 0 saturated carbocycles. The summed E-state index contributed by atoms with van der Waals surface area (Å²) in [6.45, 7) is -1.27. The van der Waals surface area contributed by atoms with Crippen LogP contribution < -0.4 is 0 Å². The van der Waals surface area contributed by atoms with Gasteiger partial charge in [0.05, 0.1) is 6.26 Å². The van der Waals surface area contributed by atoms with Crippen LogP contribution in [0.15, 0.2) is 30.8 Å². The number of hydrogen-bond donors (Lipinski definition) is 0. The van der Waals surface area contributed by atoms with Crippen molar-refractivity contribution in [3.8, 4) is 0 Å². The highest BCUT2D eigenvalue weighted by Gasteiger charge is 2.27. The van der Waals surface area contributed by atoms with Crippen molar-refractivity contribution in [2.24, 2.45) is 0 Å². The van der Waals surface area contributed by atoms with Crippen LogP contribution in [0.4, 0.5) is 13.2 Å². The quantitative estimate of drug-likeness (QED) is 0.704. The number of halogens is 3. The molecule has 0 aliphatic carbocycles. The lowest BCUT2D eigenvalue weighted by molar-refractivity contribution is -0.161. The Kier molecular flexibility index (Phi) is 3.50. The largest absolute Gasteiger partial charge is 0.492 e. The van der Waals surface area contributed by atoms with Gasteiger partial charge in [-0.2, -0.15) is 13.2 Å². The second-order valence-corrected chi connectivity index (χ2v) is 2.52. The Morgan fingerprint density at radius 3 is 2.79 bits per heavy atom. The minimum Gasteiger partial charge on any atom is -0.492 e. The summed E-state index contributed by atoms with van der Waals surface area (Å²) in [7, 11) is 0. The molecular formula is C9H8F3NO.